The standard InChI is InChI=1S/C12H29O5Si4/c1-6-11-12-13-18(7-2)15-21(10-5)16-19(8-3)14-20(9-4)17-21/h6-12H2,1-5H3. The van der Waals surface area contributed by atoms with E-state index in [4.69, 9.17) is 20.9 Å². The Morgan fingerprint density at radius 3 is 2.05 bits per heavy atom. The second-order valence-electron chi connectivity index (χ2n) is 4.82. The number of hydrogen-bond acceptors (Lipinski definition) is 5. The van der Waals surface area contributed by atoms with Crippen LogP contribution in [0.5, 0.6) is 0 Å². The minimum absolute atomic E-state index is 0.778. The van der Waals surface area contributed by atoms with Gasteiger partial charge >= 0.3 is 36.7 Å². The Kier molecular flexibility index (Phi) is 9.80. The summed E-state index contributed by atoms with van der Waals surface area (Å²) in [5, 5.41) is 0. The number of hydrogen-bond donors (Lipinski definition) is 0. The third-order valence-corrected chi connectivity index (χ3v) is 14.5. The maximum absolute atomic E-state index is 6.33. The van der Waals surface area contributed by atoms with E-state index in [-0.39, 0.29) is 0 Å². The Balaban J connectivity index is 2.67. The molecule has 123 valence electrons. The van der Waals surface area contributed by atoms with Crippen molar-refractivity contribution in [1.29, 1.82) is 0 Å². The van der Waals surface area contributed by atoms with Crippen molar-refractivity contribution in [2.24, 2.45) is 0 Å². The zero-order valence-corrected chi connectivity index (χ0v) is 18.0. The van der Waals surface area contributed by atoms with Gasteiger partial charge in [0.1, 0.15) is 0 Å². The van der Waals surface area contributed by atoms with E-state index in [1.165, 1.54) is 0 Å². The summed E-state index contributed by atoms with van der Waals surface area (Å²) in [6.07, 6.45) is 2.22. The van der Waals surface area contributed by atoms with E-state index in [0.29, 0.717) is 0 Å². The second-order valence-corrected chi connectivity index (χ2v) is 14.8. The minimum atomic E-state index is -2.58. The van der Waals surface area contributed by atoms with Crippen LogP contribution in [0.25, 0.3) is 0 Å². The smallest absolute Gasteiger partial charge is 0.414 e. The summed E-state index contributed by atoms with van der Waals surface area (Å²) in [7, 11) is -6.33. The molecule has 1 aliphatic rings. The lowest BCUT2D eigenvalue weighted by Gasteiger charge is -2.40. The molecule has 0 aliphatic carbocycles. The van der Waals surface area contributed by atoms with Gasteiger partial charge in [0, 0.05) is 12.7 Å². The van der Waals surface area contributed by atoms with E-state index >= 15 is 0 Å². The van der Waals surface area contributed by atoms with Gasteiger partial charge in [0.25, 0.3) is 0 Å². The fourth-order valence-electron chi connectivity index (χ4n) is 1.79. The Morgan fingerprint density at radius 2 is 1.62 bits per heavy atom. The molecule has 0 amide bonds. The molecular formula is C12H29O5Si4. The van der Waals surface area contributed by atoms with Crippen LogP contribution >= 0.6 is 0 Å². The summed E-state index contributed by atoms with van der Waals surface area (Å²) >= 11 is 0. The average molecular weight is 366 g/mol. The van der Waals surface area contributed by atoms with Gasteiger partial charge in [-0.1, -0.05) is 41.0 Å². The van der Waals surface area contributed by atoms with Crippen molar-refractivity contribution in [2.75, 3.05) is 6.61 Å². The maximum Gasteiger partial charge on any atom is 0.473 e. The molecule has 0 spiro atoms. The van der Waals surface area contributed by atoms with Crippen LogP contribution in [0.3, 0.4) is 0 Å². The van der Waals surface area contributed by atoms with E-state index in [9.17, 15) is 0 Å². The van der Waals surface area contributed by atoms with Crippen LogP contribution in [-0.2, 0) is 20.9 Å². The molecule has 0 aromatic carbocycles. The largest absolute Gasteiger partial charge is 0.473 e. The predicted octanol–water partition coefficient (Wildman–Crippen LogP) is 3.37. The molecule has 0 saturated carbocycles. The van der Waals surface area contributed by atoms with Gasteiger partial charge in [-0.25, -0.2) is 0 Å². The van der Waals surface area contributed by atoms with E-state index in [2.05, 4.69) is 34.6 Å². The lowest BCUT2D eigenvalue weighted by Crippen LogP contribution is -2.61. The Bertz CT molecular complexity index is 272. The fraction of sp³-hybridized carbons (Fsp3) is 1.00. The molecule has 1 saturated heterocycles. The highest BCUT2D eigenvalue weighted by Gasteiger charge is 2.51. The maximum atomic E-state index is 6.33. The highest BCUT2D eigenvalue weighted by Crippen LogP contribution is 2.27. The van der Waals surface area contributed by atoms with Crippen molar-refractivity contribution in [3.05, 3.63) is 0 Å². The van der Waals surface area contributed by atoms with E-state index < -0.39 is 36.7 Å². The molecule has 0 N–H and O–H groups in total. The quantitative estimate of drug-likeness (QED) is 0.439. The molecule has 1 heterocycles. The van der Waals surface area contributed by atoms with Crippen LogP contribution < -0.4 is 0 Å². The SMILES string of the molecule is CCCCO[Si](CC)O[Si]1(CC)O[Si](CC)O[Si](CC)O1. The van der Waals surface area contributed by atoms with Crippen molar-refractivity contribution in [3.8, 4) is 0 Å². The molecule has 1 rings (SSSR count). The summed E-state index contributed by atoms with van der Waals surface area (Å²) in [4.78, 5) is 0. The van der Waals surface area contributed by atoms with Gasteiger partial charge in [0.2, 0.25) is 0 Å². The minimum Gasteiger partial charge on any atom is -0.414 e. The lowest BCUT2D eigenvalue weighted by molar-refractivity contribution is 0.160. The van der Waals surface area contributed by atoms with Crippen LogP contribution in [0, 0.1) is 0 Å². The lowest BCUT2D eigenvalue weighted by atomic mass is 10.4. The summed E-state index contributed by atoms with van der Waals surface area (Å²) in [5.74, 6) is 0. The average Bonchev–Trinajstić information content (AvgIpc) is 2.53. The zero-order chi connectivity index (χ0) is 15.7. The molecule has 0 atom stereocenters. The Morgan fingerprint density at radius 1 is 1.00 bits per heavy atom. The van der Waals surface area contributed by atoms with Crippen molar-refractivity contribution in [1.82, 2.24) is 0 Å². The first-order valence-electron chi connectivity index (χ1n) is 8.08. The number of unbranched alkanes of at least 4 members (excludes halogenated alkanes) is 1. The first-order valence-corrected chi connectivity index (χ1v) is 14.6. The molecule has 3 radical (unpaired) electrons. The van der Waals surface area contributed by atoms with Crippen molar-refractivity contribution in [3.63, 3.8) is 0 Å². The fourth-order valence-corrected chi connectivity index (χ4v) is 15.1. The Hall–Kier alpha value is 0.668. The number of rotatable bonds is 10. The van der Waals surface area contributed by atoms with E-state index in [1.807, 2.05) is 0 Å². The topological polar surface area (TPSA) is 46.2 Å². The highest BCUT2D eigenvalue weighted by molar-refractivity contribution is 6.82. The van der Waals surface area contributed by atoms with Gasteiger partial charge in [-0.15, -0.1) is 0 Å². The predicted molar refractivity (Wildman–Crippen MR) is 90.1 cm³/mol. The summed E-state index contributed by atoms with van der Waals surface area (Å²) in [6, 6.07) is 3.60. The molecule has 5 nitrogen and oxygen atoms in total. The van der Waals surface area contributed by atoms with E-state index in [0.717, 1.165) is 43.6 Å². The summed E-state index contributed by atoms with van der Waals surface area (Å²) < 4.78 is 30.6. The van der Waals surface area contributed by atoms with Crippen LogP contribution in [0.2, 0.25) is 24.2 Å². The highest BCUT2D eigenvalue weighted by atomic mass is 28.5. The van der Waals surface area contributed by atoms with Crippen molar-refractivity contribution >= 4 is 36.7 Å². The molecule has 21 heavy (non-hydrogen) atoms. The van der Waals surface area contributed by atoms with Crippen LogP contribution in [-0.4, -0.2) is 43.3 Å². The van der Waals surface area contributed by atoms with Gasteiger partial charge in [-0.2, -0.15) is 0 Å². The second kappa shape index (κ2) is 10.4. The molecule has 1 aliphatic heterocycles. The van der Waals surface area contributed by atoms with Gasteiger partial charge in [0.05, 0.1) is 0 Å². The van der Waals surface area contributed by atoms with Crippen LogP contribution in [0.1, 0.15) is 47.5 Å². The molecule has 9 heteroatoms. The molecule has 0 aromatic heterocycles. The van der Waals surface area contributed by atoms with Crippen molar-refractivity contribution < 1.29 is 20.9 Å². The van der Waals surface area contributed by atoms with Gasteiger partial charge in [-0.05, 0) is 24.6 Å². The van der Waals surface area contributed by atoms with Gasteiger partial charge < -0.3 is 20.9 Å². The molecule has 1 fully saturated rings. The zero-order valence-electron chi connectivity index (χ0n) is 14.0. The molecule has 0 bridgehead atoms. The normalized spacial score (nSPS) is 20.3. The third-order valence-electron chi connectivity index (χ3n) is 3.10. The first kappa shape index (κ1) is 19.7. The first-order chi connectivity index (χ1) is 10.1. The van der Waals surface area contributed by atoms with Crippen LogP contribution in [0.4, 0.5) is 0 Å². The monoisotopic (exact) mass is 365 g/mol. The third kappa shape index (κ3) is 6.35. The summed E-state index contributed by atoms with van der Waals surface area (Å²) in [6.45, 7) is 11.4. The summed E-state index contributed by atoms with van der Waals surface area (Å²) in [5.41, 5.74) is 0. The molecule has 0 unspecified atom stereocenters. The molecule has 0 aromatic rings. The van der Waals surface area contributed by atoms with Crippen LogP contribution in [0.15, 0.2) is 0 Å². The molecular weight excluding hydrogens is 336 g/mol. The Labute approximate surface area is 136 Å². The van der Waals surface area contributed by atoms with Gasteiger partial charge in [-0.3, -0.25) is 0 Å². The van der Waals surface area contributed by atoms with Gasteiger partial charge in [0.15, 0.2) is 0 Å². The van der Waals surface area contributed by atoms with E-state index in [1.54, 1.807) is 0 Å². The van der Waals surface area contributed by atoms with Crippen molar-refractivity contribution in [2.45, 2.75) is 71.6 Å².